The molecule has 2 heterocycles. The molecule has 3 rings (SSSR count). The van der Waals surface area contributed by atoms with E-state index in [-0.39, 0.29) is 11.9 Å². The maximum absolute atomic E-state index is 12.6. The summed E-state index contributed by atoms with van der Waals surface area (Å²) in [5.74, 6) is 1.29. The van der Waals surface area contributed by atoms with Crippen LogP contribution in [0.15, 0.2) is 35.7 Å². The van der Waals surface area contributed by atoms with E-state index in [1.807, 2.05) is 4.90 Å². The normalized spacial score (nSPS) is 16.8. The molecule has 0 spiro atoms. The number of carbonyl (C=O) groups is 2. The molecule has 1 aliphatic rings. The van der Waals surface area contributed by atoms with E-state index in [2.05, 4.69) is 32.7 Å². The molecular formula is C18H24N6O2S. The highest BCUT2D eigenvalue weighted by Gasteiger charge is 2.21. The molecule has 0 radical (unpaired) electrons. The second kappa shape index (κ2) is 9.40. The Morgan fingerprint density at radius 2 is 2.15 bits per heavy atom. The first-order valence-electron chi connectivity index (χ1n) is 9.04. The Kier molecular flexibility index (Phi) is 6.69. The van der Waals surface area contributed by atoms with Crippen LogP contribution in [0.2, 0.25) is 0 Å². The number of amides is 3. The second-order valence-electron chi connectivity index (χ2n) is 6.60. The molecule has 144 valence electrons. The Morgan fingerprint density at radius 1 is 1.33 bits per heavy atom. The van der Waals surface area contributed by atoms with Crippen LogP contribution in [0.25, 0.3) is 0 Å². The third kappa shape index (κ3) is 5.72. The molecule has 8 nitrogen and oxygen atoms in total. The summed E-state index contributed by atoms with van der Waals surface area (Å²) in [7, 11) is 0. The first kappa shape index (κ1) is 19.2. The lowest BCUT2D eigenvalue weighted by Gasteiger charge is -2.31. The van der Waals surface area contributed by atoms with Crippen molar-refractivity contribution in [1.82, 2.24) is 25.4 Å². The lowest BCUT2D eigenvalue weighted by atomic mass is 9.99. The van der Waals surface area contributed by atoms with Gasteiger partial charge in [0.1, 0.15) is 6.33 Å². The van der Waals surface area contributed by atoms with Crippen molar-refractivity contribution < 1.29 is 9.59 Å². The zero-order valence-electron chi connectivity index (χ0n) is 15.3. The Labute approximate surface area is 162 Å². The SMILES string of the molecule is CC1CCCN(C(=O)c2ccc(NC(=O)NCCSc3ncn[nH]3)cc2)C1. The van der Waals surface area contributed by atoms with Crippen molar-refractivity contribution in [2.45, 2.75) is 24.9 Å². The van der Waals surface area contributed by atoms with Gasteiger partial charge < -0.3 is 15.5 Å². The van der Waals surface area contributed by atoms with Crippen LogP contribution in [0.5, 0.6) is 0 Å². The number of hydrogen-bond donors (Lipinski definition) is 3. The van der Waals surface area contributed by atoms with Gasteiger partial charge in [-0.25, -0.2) is 9.78 Å². The number of anilines is 1. The molecule has 1 fully saturated rings. The van der Waals surface area contributed by atoms with Gasteiger partial charge in [-0.05, 0) is 43.0 Å². The van der Waals surface area contributed by atoms with E-state index in [1.54, 1.807) is 24.3 Å². The van der Waals surface area contributed by atoms with Gasteiger partial charge in [0.05, 0.1) is 0 Å². The number of rotatable bonds is 6. The number of carbonyl (C=O) groups excluding carboxylic acids is 2. The molecule has 0 aliphatic carbocycles. The van der Waals surface area contributed by atoms with E-state index in [0.29, 0.717) is 29.5 Å². The monoisotopic (exact) mass is 388 g/mol. The number of thioether (sulfide) groups is 1. The molecular weight excluding hydrogens is 364 g/mol. The first-order chi connectivity index (χ1) is 13.1. The number of aromatic nitrogens is 3. The van der Waals surface area contributed by atoms with Crippen molar-refractivity contribution in [3.8, 4) is 0 Å². The average Bonchev–Trinajstić information content (AvgIpc) is 3.19. The minimum Gasteiger partial charge on any atom is -0.338 e. The Morgan fingerprint density at radius 3 is 2.85 bits per heavy atom. The summed E-state index contributed by atoms with van der Waals surface area (Å²) in [6.45, 7) is 4.31. The average molecular weight is 388 g/mol. The Hall–Kier alpha value is -2.55. The smallest absolute Gasteiger partial charge is 0.319 e. The Bertz CT molecular complexity index is 750. The molecule has 1 aromatic carbocycles. The van der Waals surface area contributed by atoms with E-state index >= 15 is 0 Å². The number of nitrogens with one attached hydrogen (secondary N) is 3. The van der Waals surface area contributed by atoms with Crippen LogP contribution in [0, 0.1) is 5.92 Å². The molecule has 1 aliphatic heterocycles. The van der Waals surface area contributed by atoms with Crippen molar-refractivity contribution in [2.24, 2.45) is 5.92 Å². The molecule has 2 aromatic rings. The molecule has 0 saturated carbocycles. The molecule has 1 unspecified atom stereocenters. The van der Waals surface area contributed by atoms with Crippen molar-refractivity contribution in [3.05, 3.63) is 36.2 Å². The van der Waals surface area contributed by atoms with Gasteiger partial charge in [-0.2, -0.15) is 5.10 Å². The lowest BCUT2D eigenvalue weighted by Crippen LogP contribution is -2.39. The first-order valence-corrected chi connectivity index (χ1v) is 10.0. The van der Waals surface area contributed by atoms with Crippen molar-refractivity contribution in [3.63, 3.8) is 0 Å². The number of benzene rings is 1. The predicted molar refractivity (Wildman–Crippen MR) is 105 cm³/mol. The van der Waals surface area contributed by atoms with Crippen LogP contribution in [0.4, 0.5) is 10.5 Å². The third-order valence-corrected chi connectivity index (χ3v) is 5.23. The maximum atomic E-state index is 12.6. The number of aromatic amines is 1. The number of piperidine rings is 1. The summed E-state index contributed by atoms with van der Waals surface area (Å²) in [4.78, 5) is 30.4. The highest BCUT2D eigenvalue weighted by molar-refractivity contribution is 7.99. The summed E-state index contributed by atoms with van der Waals surface area (Å²) in [6, 6.07) is 6.75. The Balaban J connectivity index is 1.42. The van der Waals surface area contributed by atoms with E-state index in [1.165, 1.54) is 24.5 Å². The zero-order valence-corrected chi connectivity index (χ0v) is 16.1. The lowest BCUT2D eigenvalue weighted by molar-refractivity contribution is 0.0683. The summed E-state index contributed by atoms with van der Waals surface area (Å²) >= 11 is 1.48. The predicted octanol–water partition coefficient (Wildman–Crippen LogP) is 2.59. The summed E-state index contributed by atoms with van der Waals surface area (Å²) in [5, 5.41) is 12.8. The molecule has 0 bridgehead atoms. The molecule has 27 heavy (non-hydrogen) atoms. The van der Waals surface area contributed by atoms with Crippen LogP contribution in [-0.2, 0) is 0 Å². The van der Waals surface area contributed by atoms with Gasteiger partial charge in [-0.1, -0.05) is 18.7 Å². The number of hydrogen-bond acceptors (Lipinski definition) is 5. The highest BCUT2D eigenvalue weighted by Crippen LogP contribution is 2.19. The molecule has 1 atom stereocenters. The van der Waals surface area contributed by atoms with Gasteiger partial charge in [-0.3, -0.25) is 9.89 Å². The van der Waals surface area contributed by atoms with Crippen LogP contribution in [-0.4, -0.2) is 57.4 Å². The second-order valence-corrected chi connectivity index (χ2v) is 7.68. The van der Waals surface area contributed by atoms with E-state index in [0.717, 1.165) is 24.7 Å². The maximum Gasteiger partial charge on any atom is 0.319 e. The minimum atomic E-state index is -0.280. The number of urea groups is 1. The number of likely N-dealkylation sites (tertiary alicyclic amines) is 1. The molecule has 1 aromatic heterocycles. The van der Waals surface area contributed by atoms with Gasteiger partial charge in [0, 0.05) is 36.6 Å². The van der Waals surface area contributed by atoms with Gasteiger partial charge in [-0.15, -0.1) is 0 Å². The van der Waals surface area contributed by atoms with Gasteiger partial charge in [0.2, 0.25) is 0 Å². The third-order valence-electron chi connectivity index (χ3n) is 4.35. The molecule has 3 N–H and O–H groups in total. The van der Waals surface area contributed by atoms with Crippen LogP contribution in [0.3, 0.4) is 0 Å². The fraction of sp³-hybridized carbons (Fsp3) is 0.444. The summed E-state index contributed by atoms with van der Waals surface area (Å²) < 4.78 is 0. The molecule has 1 saturated heterocycles. The molecule has 3 amide bonds. The van der Waals surface area contributed by atoms with Gasteiger partial charge >= 0.3 is 6.03 Å². The van der Waals surface area contributed by atoms with Crippen LogP contribution >= 0.6 is 11.8 Å². The number of H-pyrrole nitrogens is 1. The number of nitrogens with zero attached hydrogens (tertiary/aromatic N) is 3. The minimum absolute atomic E-state index is 0.0574. The zero-order chi connectivity index (χ0) is 19.1. The largest absolute Gasteiger partial charge is 0.338 e. The molecule has 9 heteroatoms. The summed E-state index contributed by atoms with van der Waals surface area (Å²) in [5.41, 5.74) is 1.30. The fourth-order valence-electron chi connectivity index (χ4n) is 3.00. The van der Waals surface area contributed by atoms with Crippen LogP contribution < -0.4 is 10.6 Å². The van der Waals surface area contributed by atoms with Gasteiger partial charge in [0.15, 0.2) is 5.16 Å². The van der Waals surface area contributed by atoms with Crippen molar-refractivity contribution >= 4 is 29.4 Å². The van der Waals surface area contributed by atoms with Gasteiger partial charge in [0.25, 0.3) is 5.91 Å². The fourth-order valence-corrected chi connectivity index (χ4v) is 3.64. The van der Waals surface area contributed by atoms with Crippen molar-refractivity contribution in [1.29, 1.82) is 0 Å². The van der Waals surface area contributed by atoms with Crippen LogP contribution in [0.1, 0.15) is 30.1 Å². The topological polar surface area (TPSA) is 103 Å². The van der Waals surface area contributed by atoms with Crippen molar-refractivity contribution in [2.75, 3.05) is 30.7 Å². The summed E-state index contributed by atoms with van der Waals surface area (Å²) in [6.07, 6.45) is 3.68. The van der Waals surface area contributed by atoms with E-state index in [9.17, 15) is 9.59 Å². The highest BCUT2D eigenvalue weighted by atomic mass is 32.2. The van der Waals surface area contributed by atoms with E-state index in [4.69, 9.17) is 0 Å². The quantitative estimate of drug-likeness (QED) is 0.521. The van der Waals surface area contributed by atoms with E-state index < -0.39 is 0 Å². The standard InChI is InChI=1S/C18H24N6O2S/c1-13-3-2-9-24(11-13)16(25)14-4-6-15(7-5-14)22-17(26)19-8-10-27-18-20-12-21-23-18/h4-7,12-13H,2-3,8-11H2,1H3,(H2,19,22,26)(H,20,21,23).